The normalized spacial score (nSPS) is 13.4. The number of nitriles is 1. The fourth-order valence-electron chi connectivity index (χ4n) is 3.30. The minimum atomic E-state index is -1.55. The summed E-state index contributed by atoms with van der Waals surface area (Å²) >= 11 is 0. The molecule has 150 valence electrons. The highest BCUT2D eigenvalue weighted by Gasteiger charge is 2.28. The van der Waals surface area contributed by atoms with Crippen LogP contribution in [0.3, 0.4) is 0 Å². The van der Waals surface area contributed by atoms with Crippen molar-refractivity contribution in [2.24, 2.45) is 0 Å². The van der Waals surface area contributed by atoms with Gasteiger partial charge in [0.25, 0.3) is 0 Å². The van der Waals surface area contributed by atoms with Gasteiger partial charge in [-0.25, -0.2) is 4.79 Å². The van der Waals surface area contributed by atoms with Gasteiger partial charge in [-0.1, -0.05) is 6.07 Å². The standard InChI is InChI=1S/C20H18FN3O5/c21-29-20(27)16(9-17(25)26)24-18-12(10-22)3-5-15-14-6-4-13(23)8-11(14)2-1-7-28-19(15)18/h3-6,8,16,24H,1-2,7,9,23H2,(H,25,26)/t16-/m0/s1. The zero-order valence-electron chi connectivity index (χ0n) is 15.3. The monoisotopic (exact) mass is 399 g/mol. The summed E-state index contributed by atoms with van der Waals surface area (Å²) in [5.74, 6) is -2.48. The molecule has 2 aromatic rings. The molecular weight excluding hydrogens is 381 g/mol. The lowest BCUT2D eigenvalue weighted by Gasteiger charge is -2.24. The molecule has 29 heavy (non-hydrogen) atoms. The quantitative estimate of drug-likeness (QED) is 0.653. The summed E-state index contributed by atoms with van der Waals surface area (Å²) in [6, 6.07) is 9.09. The van der Waals surface area contributed by atoms with Crippen molar-refractivity contribution in [3.8, 4) is 22.9 Å². The Kier molecular flexibility index (Phi) is 5.83. The maximum Gasteiger partial charge on any atom is 0.371 e. The number of carbonyl (C=O) groups excluding carboxylic acids is 1. The molecule has 2 aromatic carbocycles. The van der Waals surface area contributed by atoms with Gasteiger partial charge >= 0.3 is 11.9 Å². The van der Waals surface area contributed by atoms with E-state index in [1.807, 2.05) is 18.2 Å². The highest BCUT2D eigenvalue weighted by molar-refractivity contribution is 5.89. The molecule has 0 aliphatic carbocycles. The van der Waals surface area contributed by atoms with Crippen LogP contribution in [0, 0.1) is 11.3 Å². The van der Waals surface area contributed by atoms with E-state index in [0.29, 0.717) is 24.3 Å². The maximum absolute atomic E-state index is 12.5. The van der Waals surface area contributed by atoms with Gasteiger partial charge in [0.05, 0.1) is 24.3 Å². The number of nitrogens with zero attached hydrogens (tertiary/aromatic N) is 1. The molecule has 8 nitrogen and oxygen atoms in total. The van der Waals surface area contributed by atoms with Gasteiger partial charge in [-0.05, 0) is 48.2 Å². The predicted octanol–water partition coefficient (Wildman–Crippen LogP) is 2.82. The number of aliphatic carboxylic acids is 1. The van der Waals surface area contributed by atoms with Gasteiger partial charge in [0.1, 0.15) is 12.1 Å². The summed E-state index contributed by atoms with van der Waals surface area (Å²) in [4.78, 5) is 26.0. The number of nitrogen functional groups attached to an aromatic ring is 1. The molecule has 1 aliphatic rings. The molecule has 0 saturated carbocycles. The zero-order chi connectivity index (χ0) is 21.0. The molecule has 0 aromatic heterocycles. The van der Waals surface area contributed by atoms with Crippen molar-refractivity contribution in [2.45, 2.75) is 25.3 Å². The highest BCUT2D eigenvalue weighted by atomic mass is 19.3. The Bertz CT molecular complexity index is 1000. The molecule has 9 heteroatoms. The number of carboxylic acids is 1. The van der Waals surface area contributed by atoms with Gasteiger partial charge in [0, 0.05) is 15.8 Å². The Morgan fingerprint density at radius 1 is 1.34 bits per heavy atom. The third-order valence-electron chi connectivity index (χ3n) is 4.59. The number of rotatable bonds is 5. The van der Waals surface area contributed by atoms with E-state index in [0.717, 1.165) is 17.5 Å². The fraction of sp³-hybridized carbons (Fsp3) is 0.250. The Balaban J connectivity index is 2.15. The number of ether oxygens (including phenoxy) is 1. The Labute approximate surface area is 165 Å². The second-order valence-electron chi connectivity index (χ2n) is 6.54. The van der Waals surface area contributed by atoms with Crippen molar-refractivity contribution >= 4 is 23.3 Å². The molecule has 1 atom stereocenters. The van der Waals surface area contributed by atoms with Gasteiger partial charge in [-0.3, -0.25) is 9.74 Å². The van der Waals surface area contributed by atoms with Crippen molar-refractivity contribution in [2.75, 3.05) is 17.7 Å². The lowest BCUT2D eigenvalue weighted by molar-refractivity contribution is -0.185. The summed E-state index contributed by atoms with van der Waals surface area (Å²) in [6.45, 7) is 0.321. The third-order valence-corrected chi connectivity index (χ3v) is 4.59. The van der Waals surface area contributed by atoms with Crippen LogP contribution in [-0.4, -0.2) is 29.7 Å². The number of carboxylic acid groups (broad SMARTS) is 1. The Morgan fingerprint density at radius 2 is 2.10 bits per heavy atom. The number of halogens is 1. The number of hydrogen-bond acceptors (Lipinski definition) is 7. The largest absolute Gasteiger partial charge is 0.491 e. The number of benzene rings is 2. The van der Waals surface area contributed by atoms with Crippen molar-refractivity contribution in [1.29, 1.82) is 5.26 Å². The van der Waals surface area contributed by atoms with Crippen LogP contribution in [0.1, 0.15) is 24.0 Å². The molecule has 0 radical (unpaired) electrons. The highest BCUT2D eigenvalue weighted by Crippen LogP contribution is 2.42. The average molecular weight is 399 g/mol. The lowest BCUT2D eigenvalue weighted by Crippen LogP contribution is -2.33. The van der Waals surface area contributed by atoms with Crippen molar-refractivity contribution in [1.82, 2.24) is 0 Å². The van der Waals surface area contributed by atoms with Crippen LogP contribution in [0.5, 0.6) is 5.75 Å². The molecule has 4 N–H and O–H groups in total. The average Bonchev–Trinajstić information content (AvgIpc) is 2.68. The van der Waals surface area contributed by atoms with E-state index in [2.05, 4.69) is 10.3 Å². The summed E-state index contributed by atoms with van der Waals surface area (Å²) in [5.41, 5.74) is 9.21. The number of anilines is 2. The van der Waals surface area contributed by atoms with Gasteiger partial charge < -0.3 is 20.9 Å². The van der Waals surface area contributed by atoms with E-state index in [-0.39, 0.29) is 17.0 Å². The molecule has 0 saturated heterocycles. The molecular formula is C20H18FN3O5. The van der Waals surface area contributed by atoms with Crippen LogP contribution < -0.4 is 15.8 Å². The summed E-state index contributed by atoms with van der Waals surface area (Å²) in [6.07, 6.45) is 0.667. The van der Waals surface area contributed by atoms with E-state index >= 15 is 0 Å². The van der Waals surface area contributed by atoms with Crippen molar-refractivity contribution in [3.63, 3.8) is 0 Å². The minimum absolute atomic E-state index is 0.103. The zero-order valence-corrected chi connectivity index (χ0v) is 15.3. The predicted molar refractivity (Wildman–Crippen MR) is 102 cm³/mol. The number of nitrogens with one attached hydrogen (secondary N) is 1. The van der Waals surface area contributed by atoms with E-state index in [4.69, 9.17) is 15.6 Å². The smallest absolute Gasteiger partial charge is 0.371 e. The van der Waals surface area contributed by atoms with Gasteiger partial charge in [0.15, 0.2) is 5.75 Å². The molecule has 0 unspecified atom stereocenters. The second kappa shape index (κ2) is 8.48. The molecule has 0 spiro atoms. The number of nitrogens with two attached hydrogens (primary N) is 1. The lowest BCUT2D eigenvalue weighted by atomic mass is 9.93. The molecule has 0 amide bonds. The van der Waals surface area contributed by atoms with Crippen LogP contribution >= 0.6 is 0 Å². The summed E-state index contributed by atoms with van der Waals surface area (Å²) < 4.78 is 18.3. The SMILES string of the molecule is N#Cc1ccc2c(c1N[C@@H](CC(=O)O)C(=O)OF)OCCCc1cc(N)ccc1-2. The maximum atomic E-state index is 12.5. The molecule has 1 heterocycles. The first kappa shape index (κ1) is 19.9. The van der Waals surface area contributed by atoms with Crippen LogP contribution in [-0.2, 0) is 21.0 Å². The summed E-state index contributed by atoms with van der Waals surface area (Å²) in [5, 5.41) is 21.2. The molecule has 0 fully saturated rings. The van der Waals surface area contributed by atoms with Crippen LogP contribution in [0.25, 0.3) is 11.1 Å². The number of fused-ring (bicyclic) bond motifs is 3. The van der Waals surface area contributed by atoms with Gasteiger partial charge in [0.2, 0.25) is 0 Å². The first-order valence-electron chi connectivity index (χ1n) is 8.84. The van der Waals surface area contributed by atoms with E-state index in [9.17, 15) is 19.4 Å². The van der Waals surface area contributed by atoms with Crippen molar-refractivity contribution < 1.29 is 28.9 Å². The molecule has 3 rings (SSSR count). The van der Waals surface area contributed by atoms with Crippen molar-refractivity contribution in [3.05, 3.63) is 41.5 Å². The van der Waals surface area contributed by atoms with E-state index in [1.165, 1.54) is 6.07 Å². The molecule has 1 aliphatic heterocycles. The first-order chi connectivity index (χ1) is 13.9. The Morgan fingerprint density at radius 3 is 2.79 bits per heavy atom. The number of aryl methyl sites for hydroxylation is 1. The summed E-state index contributed by atoms with van der Waals surface area (Å²) in [7, 11) is 0. The van der Waals surface area contributed by atoms with Crippen LogP contribution in [0.2, 0.25) is 0 Å². The minimum Gasteiger partial charge on any atom is -0.491 e. The fourth-order valence-corrected chi connectivity index (χ4v) is 3.30. The van der Waals surface area contributed by atoms with Crippen LogP contribution in [0.4, 0.5) is 15.9 Å². The Hall–Kier alpha value is -3.80. The molecule has 0 bridgehead atoms. The number of carbonyl (C=O) groups is 2. The van der Waals surface area contributed by atoms with E-state index in [1.54, 1.807) is 12.1 Å². The van der Waals surface area contributed by atoms with Crippen LogP contribution in [0.15, 0.2) is 30.3 Å². The third kappa shape index (κ3) is 4.21. The van der Waals surface area contributed by atoms with Gasteiger partial charge in [-0.15, -0.1) is 0 Å². The van der Waals surface area contributed by atoms with E-state index < -0.39 is 24.4 Å². The second-order valence-corrected chi connectivity index (χ2v) is 6.54. The topological polar surface area (TPSA) is 135 Å². The first-order valence-corrected chi connectivity index (χ1v) is 8.84. The number of hydrogen-bond donors (Lipinski definition) is 3. The van der Waals surface area contributed by atoms with Gasteiger partial charge in [-0.2, -0.15) is 5.26 Å².